The lowest BCUT2D eigenvalue weighted by molar-refractivity contribution is -0.104. The summed E-state index contributed by atoms with van der Waals surface area (Å²) in [6.07, 6.45) is 0.743. The van der Waals surface area contributed by atoms with E-state index in [2.05, 4.69) is 59.6 Å². The molecule has 0 radical (unpaired) electrons. The third-order valence-electron chi connectivity index (χ3n) is 3.45. The number of hydrogen-bond acceptors (Lipinski definition) is 1. The molecule has 0 aromatic carbocycles. The van der Waals surface area contributed by atoms with Gasteiger partial charge in [0.25, 0.3) is 0 Å². The monoisotopic (exact) mass is 236 g/mol. The second-order valence-corrected chi connectivity index (χ2v) is 10.9. The minimum Gasteiger partial charge on any atom is -0.297 e. The van der Waals surface area contributed by atoms with Crippen molar-refractivity contribution in [3.05, 3.63) is 12.2 Å². The molecule has 1 nitrogen and oxygen atoms in total. The third-order valence-corrected chi connectivity index (χ3v) is 9.74. The zero-order chi connectivity index (χ0) is 12.9. The van der Waals surface area contributed by atoms with Crippen molar-refractivity contribution in [1.82, 2.24) is 0 Å². The van der Waals surface area contributed by atoms with Gasteiger partial charge in [0, 0.05) is 0 Å². The summed E-state index contributed by atoms with van der Waals surface area (Å²) in [4.78, 5) is 10.5. The Labute approximate surface area is 101 Å². The van der Waals surface area contributed by atoms with E-state index in [9.17, 15) is 4.79 Å². The number of aldehydes is 1. The third kappa shape index (κ3) is 3.09. The Balaban J connectivity index is 5.43. The van der Waals surface area contributed by atoms with E-state index in [-0.39, 0.29) is 0 Å². The Morgan fingerprint density at radius 1 is 1.06 bits per heavy atom. The largest absolute Gasteiger partial charge is 0.297 e. The van der Waals surface area contributed by atoms with Crippen LogP contribution in [-0.2, 0) is 4.79 Å². The molecule has 2 heteroatoms. The Morgan fingerprint density at radius 2 is 1.44 bits per heavy atom. The summed E-state index contributed by atoms with van der Waals surface area (Å²) < 4.78 is 0. The highest BCUT2D eigenvalue weighted by Gasteiger charge is 2.41. The van der Waals surface area contributed by atoms with Crippen molar-refractivity contribution < 1.29 is 4.79 Å². The second-order valence-electron chi connectivity index (χ2n) is 5.29. The average Bonchev–Trinajstić information content (AvgIpc) is 2.16. The summed E-state index contributed by atoms with van der Waals surface area (Å²) in [6.45, 7) is 17.2. The molecule has 0 spiro atoms. The first-order valence-electron chi connectivity index (χ1n) is 5.96. The summed E-state index contributed by atoms with van der Waals surface area (Å²) in [5.74, 6) is 2.97. The molecule has 16 heavy (non-hydrogen) atoms. The minimum atomic E-state index is -1.69. The average molecular weight is 236 g/mol. The zero-order valence-corrected chi connectivity index (χ0v) is 12.4. The van der Waals surface area contributed by atoms with Crippen LogP contribution in [-0.4, -0.2) is 14.4 Å². The van der Waals surface area contributed by atoms with Crippen LogP contribution < -0.4 is 0 Å². The van der Waals surface area contributed by atoms with Crippen LogP contribution in [0.15, 0.2) is 12.2 Å². The molecule has 0 saturated heterocycles. The van der Waals surface area contributed by atoms with E-state index >= 15 is 0 Å². The topological polar surface area (TPSA) is 17.1 Å². The highest BCUT2D eigenvalue weighted by atomic mass is 28.3. The maximum absolute atomic E-state index is 10.5. The van der Waals surface area contributed by atoms with Gasteiger partial charge in [-0.25, -0.2) is 0 Å². The molecule has 0 N–H and O–H groups in total. The van der Waals surface area contributed by atoms with Gasteiger partial charge in [0.05, 0.1) is 5.57 Å². The highest BCUT2D eigenvalue weighted by Crippen LogP contribution is 2.40. The summed E-state index contributed by atoms with van der Waals surface area (Å²) in [5, 5.41) is 0. The smallest absolute Gasteiger partial charge is 0.157 e. The molecule has 0 atom stereocenters. The fraction of sp³-hybridized carbons (Fsp3) is 0.643. The first kappa shape index (κ1) is 15.2. The van der Waals surface area contributed by atoms with Gasteiger partial charge in [-0.2, -0.15) is 0 Å². The van der Waals surface area contributed by atoms with Gasteiger partial charge in [0.2, 0.25) is 0 Å². The predicted octanol–water partition coefficient (Wildman–Crippen LogP) is 3.96. The first-order chi connectivity index (χ1) is 7.28. The van der Waals surface area contributed by atoms with Gasteiger partial charge in [-0.15, -0.1) is 5.54 Å². The van der Waals surface area contributed by atoms with Gasteiger partial charge in [0.1, 0.15) is 8.07 Å². The van der Waals surface area contributed by atoms with Crippen molar-refractivity contribution in [1.29, 1.82) is 0 Å². The summed E-state index contributed by atoms with van der Waals surface area (Å²) in [5.41, 5.74) is 5.63. The van der Waals surface area contributed by atoms with Crippen LogP contribution in [0.3, 0.4) is 0 Å². The molecule has 90 valence electrons. The Kier molecular flexibility index (Phi) is 5.75. The lowest BCUT2D eigenvalue weighted by atomic mass is 10.4. The molecule has 0 heterocycles. The molecule has 0 amide bonds. The van der Waals surface area contributed by atoms with Gasteiger partial charge in [-0.1, -0.05) is 54.0 Å². The van der Waals surface area contributed by atoms with Crippen LogP contribution in [0.4, 0.5) is 0 Å². The van der Waals surface area contributed by atoms with Gasteiger partial charge >= 0.3 is 0 Å². The van der Waals surface area contributed by atoms with Crippen LogP contribution >= 0.6 is 0 Å². The SMILES string of the molecule is C=C(C#C[Si](C(C)C)(C(C)C)C(C)C)C=O. The maximum atomic E-state index is 10.5. The van der Waals surface area contributed by atoms with Crippen molar-refractivity contribution >= 4 is 14.4 Å². The highest BCUT2D eigenvalue weighted by molar-refractivity contribution is 6.90. The van der Waals surface area contributed by atoms with Gasteiger partial charge < -0.3 is 0 Å². The maximum Gasteiger partial charge on any atom is 0.157 e. The predicted molar refractivity (Wildman–Crippen MR) is 74.0 cm³/mol. The molecule has 0 saturated carbocycles. The van der Waals surface area contributed by atoms with Gasteiger partial charge in [0.15, 0.2) is 6.29 Å². The van der Waals surface area contributed by atoms with Crippen molar-refractivity contribution in [3.63, 3.8) is 0 Å². The molecular weight excluding hydrogens is 212 g/mol. The molecule has 0 fully saturated rings. The minimum absolute atomic E-state index is 0.402. The van der Waals surface area contributed by atoms with E-state index in [4.69, 9.17) is 0 Å². The van der Waals surface area contributed by atoms with Crippen LogP contribution in [0, 0.1) is 11.5 Å². The van der Waals surface area contributed by atoms with Crippen LogP contribution in [0.5, 0.6) is 0 Å². The molecule has 0 aromatic heterocycles. The van der Waals surface area contributed by atoms with Crippen molar-refractivity contribution in [2.45, 2.75) is 58.2 Å². The van der Waals surface area contributed by atoms with E-state index in [1.807, 2.05) is 0 Å². The number of allylic oxidation sites excluding steroid dienone is 1. The zero-order valence-electron chi connectivity index (χ0n) is 11.4. The van der Waals surface area contributed by atoms with Crippen molar-refractivity contribution in [2.75, 3.05) is 0 Å². The normalized spacial score (nSPS) is 11.6. The fourth-order valence-corrected chi connectivity index (χ4v) is 7.89. The van der Waals surface area contributed by atoms with Crippen LogP contribution in [0.2, 0.25) is 16.6 Å². The fourth-order valence-electron chi connectivity index (χ4n) is 2.65. The summed E-state index contributed by atoms with van der Waals surface area (Å²) in [6, 6.07) is 0. The molecule has 0 aromatic rings. The Morgan fingerprint density at radius 3 is 1.69 bits per heavy atom. The number of carbonyl (C=O) groups excluding carboxylic acids is 1. The number of rotatable bonds is 4. The molecule has 0 aliphatic heterocycles. The van der Waals surface area contributed by atoms with E-state index < -0.39 is 8.07 Å². The van der Waals surface area contributed by atoms with Gasteiger partial charge in [-0.3, -0.25) is 4.79 Å². The number of hydrogen-bond donors (Lipinski definition) is 0. The van der Waals surface area contributed by atoms with Gasteiger partial charge in [-0.05, 0) is 16.6 Å². The quantitative estimate of drug-likeness (QED) is 0.312. The lowest BCUT2D eigenvalue weighted by Gasteiger charge is -2.38. The number of carbonyl (C=O) groups is 1. The van der Waals surface area contributed by atoms with Crippen LogP contribution in [0.1, 0.15) is 41.5 Å². The second kappa shape index (κ2) is 6.05. The molecule has 0 bridgehead atoms. The van der Waals surface area contributed by atoms with E-state index in [0.29, 0.717) is 22.2 Å². The van der Waals surface area contributed by atoms with Crippen molar-refractivity contribution in [2.24, 2.45) is 0 Å². The van der Waals surface area contributed by atoms with Crippen molar-refractivity contribution in [3.8, 4) is 11.5 Å². The molecular formula is C14H24OSi. The standard InChI is InChI=1S/C14H24OSi/c1-11(2)16(12(3)4,13(5)6)9-8-14(7)10-15/h10-13H,7H2,1-6H3. The Bertz CT molecular complexity index is 294. The first-order valence-corrected chi connectivity index (χ1v) is 8.19. The summed E-state index contributed by atoms with van der Waals surface area (Å²) >= 11 is 0. The summed E-state index contributed by atoms with van der Waals surface area (Å²) in [7, 11) is -1.69. The molecule has 0 aliphatic carbocycles. The molecule has 0 unspecified atom stereocenters. The molecule has 0 aliphatic rings. The molecule has 0 rings (SSSR count). The van der Waals surface area contributed by atoms with Crippen LogP contribution in [0.25, 0.3) is 0 Å². The van der Waals surface area contributed by atoms with E-state index in [0.717, 1.165) is 6.29 Å². The van der Waals surface area contributed by atoms with E-state index in [1.165, 1.54) is 0 Å². The lowest BCUT2D eigenvalue weighted by Crippen LogP contribution is -2.43. The van der Waals surface area contributed by atoms with E-state index in [1.54, 1.807) is 0 Å². The Hall–Kier alpha value is -0.813.